The van der Waals surface area contributed by atoms with Gasteiger partial charge in [0.25, 0.3) is 0 Å². The summed E-state index contributed by atoms with van der Waals surface area (Å²) in [5, 5.41) is 8.88. The van der Waals surface area contributed by atoms with E-state index in [-0.39, 0.29) is 24.8 Å². The number of esters is 1. The number of carbonyl (C=O) groups excluding carboxylic acids is 1. The van der Waals surface area contributed by atoms with Crippen LogP contribution in [0.1, 0.15) is 104 Å². The lowest BCUT2D eigenvalue weighted by Gasteiger charge is -2.24. The lowest BCUT2D eigenvalue weighted by atomic mass is 10.0. The van der Waals surface area contributed by atoms with Crippen molar-refractivity contribution in [3.05, 3.63) is 0 Å². The average Bonchev–Trinajstić information content (AvgIpc) is 2.57. The summed E-state index contributed by atoms with van der Waals surface area (Å²) in [4.78, 5) is 11.1. The SMILES string of the molecule is CCCCCCCCCCCCCC(OCCCO)C(C)OC(C)=O. The van der Waals surface area contributed by atoms with E-state index >= 15 is 0 Å². The van der Waals surface area contributed by atoms with E-state index in [4.69, 9.17) is 14.6 Å². The monoisotopic (exact) mass is 358 g/mol. The van der Waals surface area contributed by atoms with Crippen LogP contribution in [0.4, 0.5) is 0 Å². The van der Waals surface area contributed by atoms with Crippen molar-refractivity contribution in [3.63, 3.8) is 0 Å². The fourth-order valence-corrected chi connectivity index (χ4v) is 3.10. The molecule has 0 fully saturated rings. The molecule has 0 aromatic heterocycles. The van der Waals surface area contributed by atoms with E-state index in [1.165, 1.54) is 71.1 Å². The molecule has 2 unspecified atom stereocenters. The first-order chi connectivity index (χ1) is 12.1. The topological polar surface area (TPSA) is 55.8 Å². The molecule has 0 heterocycles. The largest absolute Gasteiger partial charge is 0.460 e. The Morgan fingerprint density at radius 2 is 1.40 bits per heavy atom. The number of hydrogen-bond donors (Lipinski definition) is 1. The highest BCUT2D eigenvalue weighted by atomic mass is 16.6. The summed E-state index contributed by atoms with van der Waals surface area (Å²) in [6.45, 7) is 6.24. The summed E-state index contributed by atoms with van der Waals surface area (Å²) in [6.07, 6.45) is 15.8. The maximum atomic E-state index is 11.1. The Bertz CT molecular complexity index is 294. The van der Waals surface area contributed by atoms with Gasteiger partial charge in [0.05, 0.1) is 6.10 Å². The average molecular weight is 359 g/mol. The number of carbonyl (C=O) groups is 1. The first-order valence-corrected chi connectivity index (χ1v) is 10.5. The molecule has 0 bridgehead atoms. The molecule has 1 N–H and O–H groups in total. The van der Waals surface area contributed by atoms with Gasteiger partial charge in [0.1, 0.15) is 6.10 Å². The zero-order valence-electron chi connectivity index (χ0n) is 16.9. The van der Waals surface area contributed by atoms with Crippen LogP contribution < -0.4 is 0 Å². The van der Waals surface area contributed by atoms with Gasteiger partial charge < -0.3 is 14.6 Å². The quantitative estimate of drug-likeness (QED) is 0.263. The number of ether oxygens (including phenoxy) is 2. The second kappa shape index (κ2) is 18.2. The standard InChI is InChI=1S/C21H42O4/c1-4-5-6-7-8-9-10-11-12-13-14-16-21(24-18-15-17-22)19(2)25-20(3)23/h19,21-22H,4-18H2,1-3H3. The number of aliphatic hydroxyl groups excluding tert-OH is 1. The molecule has 0 spiro atoms. The number of hydrogen-bond acceptors (Lipinski definition) is 4. The molecule has 0 aromatic rings. The van der Waals surface area contributed by atoms with Crippen molar-refractivity contribution in [1.82, 2.24) is 0 Å². The lowest BCUT2D eigenvalue weighted by Crippen LogP contribution is -2.31. The lowest BCUT2D eigenvalue weighted by molar-refractivity contribution is -0.154. The Morgan fingerprint density at radius 1 is 0.880 bits per heavy atom. The van der Waals surface area contributed by atoms with Crippen LogP contribution in [0, 0.1) is 0 Å². The van der Waals surface area contributed by atoms with Gasteiger partial charge in [-0.15, -0.1) is 0 Å². The Hall–Kier alpha value is -0.610. The fourth-order valence-electron chi connectivity index (χ4n) is 3.10. The van der Waals surface area contributed by atoms with Crippen LogP contribution in [0.5, 0.6) is 0 Å². The molecule has 4 nitrogen and oxygen atoms in total. The number of aliphatic hydroxyl groups is 1. The highest BCUT2D eigenvalue weighted by molar-refractivity contribution is 5.66. The summed E-state index contributed by atoms with van der Waals surface area (Å²) >= 11 is 0. The van der Waals surface area contributed by atoms with Gasteiger partial charge in [-0.25, -0.2) is 0 Å². The third-order valence-corrected chi connectivity index (χ3v) is 4.60. The van der Waals surface area contributed by atoms with E-state index in [2.05, 4.69) is 6.92 Å². The van der Waals surface area contributed by atoms with Gasteiger partial charge >= 0.3 is 5.97 Å². The van der Waals surface area contributed by atoms with Crippen molar-refractivity contribution in [2.75, 3.05) is 13.2 Å². The van der Waals surface area contributed by atoms with Crippen LogP contribution in [0.2, 0.25) is 0 Å². The summed E-state index contributed by atoms with van der Waals surface area (Å²) in [7, 11) is 0. The second-order valence-corrected chi connectivity index (χ2v) is 7.13. The third kappa shape index (κ3) is 16.6. The van der Waals surface area contributed by atoms with Crippen LogP contribution in [-0.4, -0.2) is 36.5 Å². The molecule has 0 aliphatic rings. The van der Waals surface area contributed by atoms with Crippen molar-refractivity contribution in [2.45, 2.75) is 116 Å². The molecule has 0 rings (SSSR count). The summed E-state index contributed by atoms with van der Waals surface area (Å²) < 4.78 is 11.1. The first kappa shape index (κ1) is 24.4. The molecule has 0 aliphatic heterocycles. The number of rotatable bonds is 18. The predicted molar refractivity (Wildman–Crippen MR) is 104 cm³/mol. The van der Waals surface area contributed by atoms with E-state index < -0.39 is 0 Å². The second-order valence-electron chi connectivity index (χ2n) is 7.13. The van der Waals surface area contributed by atoms with Gasteiger partial charge in [-0.3, -0.25) is 4.79 Å². The van der Waals surface area contributed by atoms with Gasteiger partial charge in [-0.1, -0.05) is 77.6 Å². The van der Waals surface area contributed by atoms with E-state index in [0.29, 0.717) is 13.0 Å². The van der Waals surface area contributed by atoms with Gasteiger partial charge in [0.2, 0.25) is 0 Å². The summed E-state index contributed by atoms with van der Waals surface area (Å²) in [5.41, 5.74) is 0. The van der Waals surface area contributed by atoms with Crippen LogP contribution in [0.25, 0.3) is 0 Å². The highest BCUT2D eigenvalue weighted by Crippen LogP contribution is 2.16. The van der Waals surface area contributed by atoms with Crippen LogP contribution >= 0.6 is 0 Å². The molecular weight excluding hydrogens is 316 g/mol. The highest BCUT2D eigenvalue weighted by Gasteiger charge is 2.20. The van der Waals surface area contributed by atoms with Crippen molar-refractivity contribution >= 4 is 5.97 Å². The van der Waals surface area contributed by atoms with Crippen molar-refractivity contribution in [2.24, 2.45) is 0 Å². The molecule has 0 aliphatic carbocycles. The Labute approximate surface area is 155 Å². The molecule has 0 amide bonds. The maximum Gasteiger partial charge on any atom is 0.302 e. The smallest absolute Gasteiger partial charge is 0.302 e. The molecular formula is C21H42O4. The zero-order valence-corrected chi connectivity index (χ0v) is 16.9. The van der Waals surface area contributed by atoms with E-state index in [1.807, 2.05) is 6.92 Å². The normalized spacial score (nSPS) is 13.6. The van der Waals surface area contributed by atoms with E-state index in [1.54, 1.807) is 0 Å². The maximum absolute atomic E-state index is 11.1. The molecule has 0 radical (unpaired) electrons. The minimum atomic E-state index is -0.262. The molecule has 0 aromatic carbocycles. The van der Waals surface area contributed by atoms with Crippen LogP contribution in [0.3, 0.4) is 0 Å². The summed E-state index contributed by atoms with van der Waals surface area (Å²) in [6, 6.07) is 0. The fraction of sp³-hybridized carbons (Fsp3) is 0.952. The molecule has 150 valence electrons. The molecule has 0 saturated carbocycles. The number of unbranched alkanes of at least 4 members (excludes halogenated alkanes) is 10. The zero-order chi connectivity index (χ0) is 18.8. The minimum Gasteiger partial charge on any atom is -0.460 e. The Kier molecular flexibility index (Phi) is 17.7. The molecule has 2 atom stereocenters. The van der Waals surface area contributed by atoms with Gasteiger partial charge in [-0.2, -0.15) is 0 Å². The van der Waals surface area contributed by atoms with Gasteiger partial charge in [-0.05, 0) is 19.8 Å². The van der Waals surface area contributed by atoms with E-state index in [0.717, 1.165) is 12.8 Å². The van der Waals surface area contributed by atoms with Gasteiger partial charge in [0, 0.05) is 20.1 Å². The minimum absolute atomic E-state index is 0.0611. The van der Waals surface area contributed by atoms with Crippen molar-refractivity contribution < 1.29 is 19.4 Å². The third-order valence-electron chi connectivity index (χ3n) is 4.60. The Morgan fingerprint density at radius 3 is 1.88 bits per heavy atom. The molecule has 25 heavy (non-hydrogen) atoms. The summed E-state index contributed by atoms with van der Waals surface area (Å²) in [5.74, 6) is -0.262. The van der Waals surface area contributed by atoms with Crippen LogP contribution in [-0.2, 0) is 14.3 Å². The predicted octanol–water partition coefficient (Wildman–Crippen LogP) is 5.41. The van der Waals surface area contributed by atoms with Crippen LogP contribution in [0.15, 0.2) is 0 Å². The van der Waals surface area contributed by atoms with E-state index in [9.17, 15) is 4.79 Å². The van der Waals surface area contributed by atoms with Crippen molar-refractivity contribution in [1.29, 1.82) is 0 Å². The first-order valence-electron chi connectivity index (χ1n) is 10.5. The molecule has 4 heteroatoms. The van der Waals surface area contributed by atoms with Gasteiger partial charge in [0.15, 0.2) is 0 Å². The molecule has 0 saturated heterocycles. The Balaban J connectivity index is 3.70. The van der Waals surface area contributed by atoms with Crippen molar-refractivity contribution in [3.8, 4) is 0 Å².